The molecule has 1 fully saturated rings. The zero-order valence-electron chi connectivity index (χ0n) is 25.0. The van der Waals surface area contributed by atoms with Gasteiger partial charge in [-0.1, -0.05) is 12.1 Å². The number of hydrogen-bond acceptors (Lipinski definition) is 9. The van der Waals surface area contributed by atoms with Gasteiger partial charge in [-0.2, -0.15) is 0 Å². The maximum atomic E-state index is 14.1. The summed E-state index contributed by atoms with van der Waals surface area (Å²) in [7, 11) is 2.80. The van der Waals surface area contributed by atoms with Crippen molar-refractivity contribution in [2.75, 3.05) is 53.5 Å². The fourth-order valence-corrected chi connectivity index (χ4v) is 4.73. The zero-order valence-corrected chi connectivity index (χ0v) is 25.0. The fraction of sp³-hybridized carbons (Fsp3) is 0.517. The Morgan fingerprint density at radius 2 is 1.67 bits per heavy atom. The number of esters is 1. The summed E-state index contributed by atoms with van der Waals surface area (Å²) in [6.45, 7) is 7.53. The topological polar surface area (TPSA) is 162 Å². The summed E-state index contributed by atoms with van der Waals surface area (Å²) in [6, 6.07) is 6.90. The molecule has 2 aromatic rings. The maximum Gasteiger partial charge on any atom is 0.409 e. The largest absolute Gasteiger partial charge is 0.495 e. The van der Waals surface area contributed by atoms with E-state index in [9.17, 15) is 24.0 Å². The van der Waals surface area contributed by atoms with Crippen molar-refractivity contribution in [2.24, 2.45) is 5.73 Å². The summed E-state index contributed by atoms with van der Waals surface area (Å²) in [4.78, 5) is 73.7. The van der Waals surface area contributed by atoms with Crippen LogP contribution in [0.3, 0.4) is 0 Å². The van der Waals surface area contributed by atoms with Crippen LogP contribution in [0.1, 0.15) is 56.1 Å². The van der Waals surface area contributed by atoms with E-state index in [0.717, 1.165) is 4.90 Å². The number of rotatable bonds is 9. The molecule has 1 aliphatic heterocycles. The van der Waals surface area contributed by atoms with Gasteiger partial charge in [0.15, 0.2) is 0 Å². The van der Waals surface area contributed by atoms with Crippen LogP contribution in [0, 0.1) is 0 Å². The molecule has 42 heavy (non-hydrogen) atoms. The van der Waals surface area contributed by atoms with Gasteiger partial charge in [0.05, 0.1) is 30.8 Å². The van der Waals surface area contributed by atoms with Crippen LogP contribution < -0.4 is 10.5 Å². The Hall–Kier alpha value is -4.42. The van der Waals surface area contributed by atoms with Crippen LogP contribution in [0.25, 0.3) is 10.9 Å². The molecule has 13 nitrogen and oxygen atoms in total. The highest BCUT2D eigenvalue weighted by atomic mass is 16.6. The maximum absolute atomic E-state index is 14.1. The third-order valence-corrected chi connectivity index (χ3v) is 6.66. The third kappa shape index (κ3) is 7.65. The Bertz CT molecular complexity index is 1350. The minimum absolute atomic E-state index is 0.00473. The van der Waals surface area contributed by atoms with Crippen LogP contribution in [0.5, 0.6) is 5.75 Å². The van der Waals surface area contributed by atoms with Gasteiger partial charge in [-0.25, -0.2) is 4.79 Å². The first-order chi connectivity index (χ1) is 19.8. The standard InChI is InChI=1S/C29H39N5O8/c1-7-41-28(39)34-14-12-33(13-15-34)27(38)19(16-21(35)32(5)17-22(36)42-29(2,3)4)24-23(26(30)37)25(40-6)18-10-8-9-11-20(18)31-24/h8-11,19H,7,12-17H2,1-6H3,(H2,30,37). The molecular weight excluding hydrogens is 546 g/mol. The van der Waals surface area contributed by atoms with E-state index in [-0.39, 0.29) is 56.3 Å². The molecule has 3 rings (SSSR count). The number of hydrogen-bond donors (Lipinski definition) is 1. The van der Waals surface area contributed by atoms with Crippen LogP contribution in [0.15, 0.2) is 24.3 Å². The molecule has 0 bridgehead atoms. The molecule has 2 N–H and O–H groups in total. The van der Waals surface area contributed by atoms with Gasteiger partial charge in [0.25, 0.3) is 5.91 Å². The lowest BCUT2D eigenvalue weighted by molar-refractivity contribution is -0.158. The molecule has 0 saturated carbocycles. The third-order valence-electron chi connectivity index (χ3n) is 6.66. The number of piperazine rings is 1. The number of carbonyl (C=O) groups is 5. The molecule has 1 aliphatic rings. The number of aromatic nitrogens is 1. The summed E-state index contributed by atoms with van der Waals surface area (Å²) >= 11 is 0. The van der Waals surface area contributed by atoms with Gasteiger partial charge in [0, 0.05) is 45.0 Å². The van der Waals surface area contributed by atoms with Crippen LogP contribution in [-0.2, 0) is 23.9 Å². The second-order valence-electron chi connectivity index (χ2n) is 10.9. The molecule has 1 aromatic heterocycles. The highest BCUT2D eigenvalue weighted by Gasteiger charge is 2.37. The number of para-hydroxylation sites is 1. The minimum Gasteiger partial charge on any atom is -0.495 e. The molecule has 0 aliphatic carbocycles. The first-order valence-corrected chi connectivity index (χ1v) is 13.7. The number of nitrogens with two attached hydrogens (primary N) is 1. The van der Waals surface area contributed by atoms with Crippen LogP contribution in [0.4, 0.5) is 4.79 Å². The van der Waals surface area contributed by atoms with E-state index in [0.29, 0.717) is 10.9 Å². The summed E-state index contributed by atoms with van der Waals surface area (Å²) < 4.78 is 16.0. The van der Waals surface area contributed by atoms with Crippen molar-refractivity contribution in [1.82, 2.24) is 19.7 Å². The lowest BCUT2D eigenvalue weighted by Gasteiger charge is -2.36. The molecule has 2 heterocycles. The molecule has 4 amide bonds. The number of primary amides is 1. The lowest BCUT2D eigenvalue weighted by Crippen LogP contribution is -2.52. The first-order valence-electron chi connectivity index (χ1n) is 13.7. The van der Waals surface area contributed by atoms with Crippen molar-refractivity contribution < 1.29 is 38.2 Å². The SMILES string of the molecule is CCOC(=O)N1CCN(C(=O)C(CC(=O)N(C)CC(=O)OC(C)(C)C)c2nc3ccccc3c(OC)c2C(N)=O)CC1. The van der Waals surface area contributed by atoms with E-state index >= 15 is 0 Å². The Morgan fingerprint density at radius 3 is 2.24 bits per heavy atom. The van der Waals surface area contributed by atoms with E-state index < -0.39 is 47.7 Å². The van der Waals surface area contributed by atoms with Gasteiger partial charge >= 0.3 is 12.1 Å². The van der Waals surface area contributed by atoms with E-state index in [1.54, 1.807) is 52.0 Å². The summed E-state index contributed by atoms with van der Waals surface area (Å²) in [5, 5.41) is 0.514. The normalized spacial score (nSPS) is 14.2. The fourth-order valence-electron chi connectivity index (χ4n) is 4.73. The van der Waals surface area contributed by atoms with Gasteiger partial charge in [-0.15, -0.1) is 0 Å². The van der Waals surface area contributed by atoms with Crippen molar-refractivity contribution in [3.05, 3.63) is 35.5 Å². The van der Waals surface area contributed by atoms with Crippen molar-refractivity contribution in [2.45, 2.75) is 45.6 Å². The van der Waals surface area contributed by atoms with Crippen LogP contribution >= 0.6 is 0 Å². The molecule has 228 valence electrons. The minimum atomic E-state index is -1.24. The van der Waals surface area contributed by atoms with E-state index in [2.05, 4.69) is 4.98 Å². The van der Waals surface area contributed by atoms with Crippen molar-refractivity contribution in [1.29, 1.82) is 0 Å². The van der Waals surface area contributed by atoms with Gasteiger partial charge in [0.1, 0.15) is 23.5 Å². The number of likely N-dealkylation sites (N-methyl/N-ethyl adjacent to an activating group) is 1. The number of amides is 4. The smallest absolute Gasteiger partial charge is 0.409 e. The average Bonchev–Trinajstić information content (AvgIpc) is 2.93. The van der Waals surface area contributed by atoms with Gasteiger partial charge in [-0.05, 0) is 39.8 Å². The molecule has 0 spiro atoms. The van der Waals surface area contributed by atoms with Crippen molar-refractivity contribution in [3.8, 4) is 5.75 Å². The Labute approximate surface area is 244 Å². The summed E-state index contributed by atoms with van der Waals surface area (Å²) in [6.07, 6.45) is -0.887. The Morgan fingerprint density at radius 1 is 1.05 bits per heavy atom. The van der Waals surface area contributed by atoms with Gasteiger partial charge < -0.3 is 34.6 Å². The van der Waals surface area contributed by atoms with E-state index in [1.165, 1.54) is 24.0 Å². The highest BCUT2D eigenvalue weighted by molar-refractivity contribution is 6.05. The summed E-state index contributed by atoms with van der Waals surface area (Å²) in [5.74, 6) is -3.62. The number of methoxy groups -OCH3 is 1. The zero-order chi connectivity index (χ0) is 31.2. The quantitative estimate of drug-likeness (QED) is 0.433. The Kier molecular flexibility index (Phi) is 10.3. The van der Waals surface area contributed by atoms with Crippen LogP contribution in [0.2, 0.25) is 0 Å². The van der Waals surface area contributed by atoms with E-state index in [1.807, 2.05) is 0 Å². The van der Waals surface area contributed by atoms with Gasteiger partial charge in [-0.3, -0.25) is 24.2 Å². The monoisotopic (exact) mass is 585 g/mol. The van der Waals surface area contributed by atoms with Crippen molar-refractivity contribution >= 4 is 40.7 Å². The second kappa shape index (κ2) is 13.5. The molecule has 1 saturated heterocycles. The highest BCUT2D eigenvalue weighted by Crippen LogP contribution is 2.36. The Balaban J connectivity index is 2.01. The molecule has 13 heteroatoms. The molecular formula is C29H39N5O8. The number of nitrogens with zero attached hydrogens (tertiary/aromatic N) is 4. The van der Waals surface area contributed by atoms with Crippen LogP contribution in [-0.4, -0.2) is 109 Å². The first kappa shape index (κ1) is 32.1. The number of ether oxygens (including phenoxy) is 3. The van der Waals surface area contributed by atoms with E-state index in [4.69, 9.17) is 19.9 Å². The molecule has 0 radical (unpaired) electrons. The number of fused-ring (bicyclic) bond motifs is 1. The number of benzene rings is 1. The lowest BCUT2D eigenvalue weighted by atomic mass is 9.92. The molecule has 1 unspecified atom stereocenters. The average molecular weight is 586 g/mol. The predicted octanol–water partition coefficient (Wildman–Crippen LogP) is 1.92. The van der Waals surface area contributed by atoms with Gasteiger partial charge in [0.2, 0.25) is 11.8 Å². The second-order valence-corrected chi connectivity index (χ2v) is 10.9. The molecule has 1 atom stereocenters. The summed E-state index contributed by atoms with van der Waals surface area (Å²) in [5.41, 5.74) is 5.38. The number of pyridine rings is 1. The number of carbonyl (C=O) groups excluding carboxylic acids is 5. The molecule has 1 aromatic carbocycles. The predicted molar refractivity (Wildman–Crippen MR) is 153 cm³/mol. The van der Waals surface area contributed by atoms with Crippen molar-refractivity contribution in [3.63, 3.8) is 0 Å².